The summed E-state index contributed by atoms with van der Waals surface area (Å²) < 4.78 is 0. The molecule has 1 aliphatic heterocycles. The van der Waals surface area contributed by atoms with Gasteiger partial charge >= 0.3 is 0 Å². The highest BCUT2D eigenvalue weighted by molar-refractivity contribution is 5.19. The molecule has 15 heavy (non-hydrogen) atoms. The van der Waals surface area contributed by atoms with Crippen molar-refractivity contribution in [1.29, 1.82) is 0 Å². The summed E-state index contributed by atoms with van der Waals surface area (Å²) in [6.07, 6.45) is 2.48. The Morgan fingerprint density at radius 3 is 2.67 bits per heavy atom. The molecular weight excluding hydrogens is 184 g/mol. The average Bonchev–Trinajstić information content (AvgIpc) is 2.31. The van der Waals surface area contributed by atoms with E-state index in [1.807, 2.05) is 0 Å². The largest absolute Gasteiger partial charge is 0.317 e. The molecule has 1 fully saturated rings. The van der Waals surface area contributed by atoms with Gasteiger partial charge in [0.2, 0.25) is 0 Å². The SMILES string of the molecule is CN[C@@H]1CCN(C)[C@H](c2ccccc2)C1. The lowest BCUT2D eigenvalue weighted by Crippen LogP contribution is -2.41. The van der Waals surface area contributed by atoms with Gasteiger partial charge in [0.15, 0.2) is 0 Å². The van der Waals surface area contributed by atoms with Crippen molar-refractivity contribution in [2.45, 2.75) is 24.9 Å². The Kier molecular flexibility index (Phi) is 3.39. The summed E-state index contributed by atoms with van der Waals surface area (Å²) >= 11 is 0. The summed E-state index contributed by atoms with van der Waals surface area (Å²) in [5.74, 6) is 0. The minimum Gasteiger partial charge on any atom is -0.317 e. The van der Waals surface area contributed by atoms with Crippen LogP contribution < -0.4 is 5.32 Å². The van der Waals surface area contributed by atoms with Crippen molar-refractivity contribution in [3.63, 3.8) is 0 Å². The first kappa shape index (κ1) is 10.7. The number of nitrogens with one attached hydrogen (secondary N) is 1. The van der Waals surface area contributed by atoms with Crippen molar-refractivity contribution in [1.82, 2.24) is 10.2 Å². The second-order valence-electron chi connectivity index (χ2n) is 4.42. The highest BCUT2D eigenvalue weighted by Gasteiger charge is 2.25. The molecule has 2 rings (SSSR count). The molecule has 1 heterocycles. The molecule has 1 aromatic carbocycles. The third-order valence-electron chi connectivity index (χ3n) is 3.46. The van der Waals surface area contributed by atoms with E-state index in [9.17, 15) is 0 Å². The zero-order valence-corrected chi connectivity index (χ0v) is 9.61. The van der Waals surface area contributed by atoms with Crippen LogP contribution in [0.5, 0.6) is 0 Å². The van der Waals surface area contributed by atoms with Gasteiger partial charge in [0.25, 0.3) is 0 Å². The molecule has 0 bridgehead atoms. The zero-order chi connectivity index (χ0) is 10.7. The smallest absolute Gasteiger partial charge is 0.0359 e. The van der Waals surface area contributed by atoms with Crippen LogP contribution in [0.4, 0.5) is 0 Å². The van der Waals surface area contributed by atoms with E-state index in [1.54, 1.807) is 0 Å². The highest BCUT2D eigenvalue weighted by atomic mass is 15.1. The van der Waals surface area contributed by atoms with E-state index >= 15 is 0 Å². The van der Waals surface area contributed by atoms with E-state index in [0.717, 1.165) is 0 Å². The third kappa shape index (κ3) is 2.39. The van der Waals surface area contributed by atoms with E-state index in [4.69, 9.17) is 0 Å². The quantitative estimate of drug-likeness (QED) is 0.793. The first-order chi connectivity index (χ1) is 7.31. The molecule has 0 amide bonds. The molecule has 82 valence electrons. The number of piperidine rings is 1. The standard InChI is InChI=1S/C13H20N2/c1-14-12-8-9-15(2)13(10-12)11-6-4-3-5-7-11/h3-7,12-14H,8-10H2,1-2H3/t12-,13+/m1/s1. The van der Waals surface area contributed by atoms with Crippen LogP contribution in [0.1, 0.15) is 24.4 Å². The monoisotopic (exact) mass is 204 g/mol. The summed E-state index contributed by atoms with van der Waals surface area (Å²) in [4.78, 5) is 2.46. The van der Waals surface area contributed by atoms with Crippen LogP contribution >= 0.6 is 0 Å². The van der Waals surface area contributed by atoms with Gasteiger partial charge in [0.05, 0.1) is 0 Å². The van der Waals surface area contributed by atoms with Crippen LogP contribution in [-0.4, -0.2) is 31.6 Å². The first-order valence-electron chi connectivity index (χ1n) is 5.73. The Hall–Kier alpha value is -0.860. The van der Waals surface area contributed by atoms with Gasteiger partial charge in [-0.2, -0.15) is 0 Å². The van der Waals surface area contributed by atoms with E-state index < -0.39 is 0 Å². The fourth-order valence-corrected chi connectivity index (χ4v) is 2.41. The molecule has 1 aromatic rings. The molecule has 2 atom stereocenters. The minimum absolute atomic E-state index is 0.581. The zero-order valence-electron chi connectivity index (χ0n) is 9.61. The number of nitrogens with zero attached hydrogens (tertiary/aromatic N) is 1. The lowest BCUT2D eigenvalue weighted by Gasteiger charge is -2.37. The van der Waals surface area contributed by atoms with Crippen LogP contribution in [0.3, 0.4) is 0 Å². The van der Waals surface area contributed by atoms with Crippen LogP contribution in [0, 0.1) is 0 Å². The van der Waals surface area contributed by atoms with E-state index in [2.05, 4.69) is 54.6 Å². The maximum atomic E-state index is 3.40. The van der Waals surface area contributed by atoms with Crippen LogP contribution in [0.2, 0.25) is 0 Å². The summed E-state index contributed by atoms with van der Waals surface area (Å²) in [5.41, 5.74) is 1.44. The van der Waals surface area contributed by atoms with Gasteiger partial charge in [-0.05, 0) is 39.0 Å². The van der Waals surface area contributed by atoms with Gasteiger partial charge < -0.3 is 5.32 Å². The average molecular weight is 204 g/mol. The van der Waals surface area contributed by atoms with Gasteiger partial charge in [0.1, 0.15) is 0 Å². The Bertz CT molecular complexity index is 297. The number of benzene rings is 1. The predicted molar refractivity (Wildman–Crippen MR) is 63.9 cm³/mol. The van der Waals surface area contributed by atoms with Crippen molar-refractivity contribution in [2.24, 2.45) is 0 Å². The summed E-state index contributed by atoms with van der Waals surface area (Å²) in [7, 11) is 4.29. The Labute approximate surface area is 92.3 Å². The molecule has 0 spiro atoms. The van der Waals surface area contributed by atoms with Gasteiger partial charge in [-0.1, -0.05) is 30.3 Å². The first-order valence-corrected chi connectivity index (χ1v) is 5.73. The minimum atomic E-state index is 0.581. The molecule has 1 N–H and O–H groups in total. The molecule has 1 aliphatic rings. The molecule has 0 radical (unpaired) electrons. The molecule has 1 saturated heterocycles. The fraction of sp³-hybridized carbons (Fsp3) is 0.538. The second-order valence-corrected chi connectivity index (χ2v) is 4.42. The van der Waals surface area contributed by atoms with Crippen LogP contribution in [0.25, 0.3) is 0 Å². The fourth-order valence-electron chi connectivity index (χ4n) is 2.41. The Morgan fingerprint density at radius 2 is 2.00 bits per heavy atom. The van der Waals surface area contributed by atoms with E-state index in [-0.39, 0.29) is 0 Å². The third-order valence-corrected chi connectivity index (χ3v) is 3.46. The Morgan fingerprint density at radius 1 is 1.27 bits per heavy atom. The molecule has 0 aliphatic carbocycles. The molecule has 0 aromatic heterocycles. The maximum absolute atomic E-state index is 3.40. The lowest BCUT2D eigenvalue weighted by atomic mass is 9.92. The maximum Gasteiger partial charge on any atom is 0.0359 e. The molecule has 0 unspecified atom stereocenters. The number of rotatable bonds is 2. The summed E-state index contributed by atoms with van der Waals surface area (Å²) in [6, 6.07) is 12.1. The summed E-state index contributed by atoms with van der Waals surface area (Å²) in [5, 5.41) is 3.40. The van der Waals surface area contributed by atoms with Crippen molar-refractivity contribution in [2.75, 3.05) is 20.6 Å². The molecule has 2 nitrogen and oxygen atoms in total. The predicted octanol–water partition coefficient (Wildman–Crippen LogP) is 2.04. The highest BCUT2D eigenvalue weighted by Crippen LogP contribution is 2.29. The van der Waals surface area contributed by atoms with Crippen LogP contribution in [-0.2, 0) is 0 Å². The van der Waals surface area contributed by atoms with Crippen molar-refractivity contribution >= 4 is 0 Å². The lowest BCUT2D eigenvalue weighted by molar-refractivity contribution is 0.160. The van der Waals surface area contributed by atoms with Crippen molar-refractivity contribution in [3.8, 4) is 0 Å². The van der Waals surface area contributed by atoms with Crippen molar-refractivity contribution in [3.05, 3.63) is 35.9 Å². The summed E-state index contributed by atoms with van der Waals surface area (Å²) in [6.45, 7) is 1.19. The number of hydrogen-bond donors (Lipinski definition) is 1. The van der Waals surface area contributed by atoms with E-state index in [1.165, 1.54) is 24.9 Å². The molecular formula is C13H20N2. The van der Waals surface area contributed by atoms with Crippen LogP contribution in [0.15, 0.2) is 30.3 Å². The normalized spacial score (nSPS) is 27.9. The molecule has 0 saturated carbocycles. The van der Waals surface area contributed by atoms with E-state index in [0.29, 0.717) is 12.1 Å². The van der Waals surface area contributed by atoms with Gasteiger partial charge in [-0.3, -0.25) is 4.90 Å². The second kappa shape index (κ2) is 4.77. The van der Waals surface area contributed by atoms with Crippen molar-refractivity contribution < 1.29 is 0 Å². The van der Waals surface area contributed by atoms with Gasteiger partial charge in [-0.25, -0.2) is 0 Å². The van der Waals surface area contributed by atoms with Gasteiger partial charge in [0, 0.05) is 12.1 Å². The molecule has 2 heteroatoms. The number of likely N-dealkylation sites (tertiary alicyclic amines) is 1. The Balaban J connectivity index is 2.13. The number of hydrogen-bond acceptors (Lipinski definition) is 2. The van der Waals surface area contributed by atoms with Gasteiger partial charge in [-0.15, -0.1) is 0 Å². The topological polar surface area (TPSA) is 15.3 Å².